The Balaban J connectivity index is 0.000000253. The van der Waals surface area contributed by atoms with E-state index in [0.29, 0.717) is 24.7 Å². The third-order valence-corrected chi connectivity index (χ3v) is 5.17. The van der Waals surface area contributed by atoms with Crippen LogP contribution in [0.25, 0.3) is 0 Å². The van der Waals surface area contributed by atoms with Gasteiger partial charge in [0, 0.05) is 11.1 Å². The molecule has 0 unspecified atom stereocenters. The maximum absolute atomic E-state index is 10.9. The molecule has 0 aliphatic carbocycles. The Labute approximate surface area is 229 Å². The zero-order valence-electron chi connectivity index (χ0n) is 20.8. The quantitative estimate of drug-likeness (QED) is 0.311. The van der Waals surface area contributed by atoms with Crippen LogP contribution in [-0.2, 0) is 32.7 Å². The van der Waals surface area contributed by atoms with Crippen molar-refractivity contribution >= 4 is 11.9 Å². The van der Waals surface area contributed by atoms with Crippen LogP contribution < -0.4 is 19.7 Å². The minimum absolute atomic E-state index is 0. The van der Waals surface area contributed by atoms with E-state index in [1.807, 2.05) is 62.4 Å². The van der Waals surface area contributed by atoms with E-state index in [0.717, 1.165) is 22.3 Å². The monoisotopic (exact) mass is 546 g/mol. The zero-order valence-corrected chi connectivity index (χ0v) is 23.8. The molecule has 4 rings (SSSR count). The van der Waals surface area contributed by atoms with Gasteiger partial charge in [-0.2, -0.15) is 0 Å². The summed E-state index contributed by atoms with van der Waals surface area (Å²) in [5.41, 5.74) is 4.44. The Hall–Kier alpha value is -3.96. The Morgan fingerprint density at radius 1 is 0.595 bits per heavy atom. The molecule has 0 fully saturated rings. The van der Waals surface area contributed by atoms with Gasteiger partial charge in [-0.3, -0.25) is 0 Å². The molecule has 4 aromatic rings. The molecule has 6 nitrogen and oxygen atoms in total. The van der Waals surface area contributed by atoms with Crippen LogP contribution in [0.3, 0.4) is 0 Å². The third kappa shape index (κ3) is 9.21. The molecule has 0 radical (unpaired) electrons. The molecule has 0 aliphatic rings. The van der Waals surface area contributed by atoms with Gasteiger partial charge >= 0.3 is 19.5 Å². The fraction of sp³-hybridized carbons (Fsp3) is 0.133. The van der Waals surface area contributed by atoms with E-state index in [1.165, 1.54) is 12.1 Å². The standard InChI is InChI=1S/2C15H14O3.Zn/c2*1-11-5-4-6-12(9-11)10-18-14-8-3-2-7-13(14)15(16)17;/h2*2-9H,10H2,1H3,(H,16,17);/q;;+2/p-2. The normalized spacial score (nSPS) is 9.78. The molecule has 0 saturated heterocycles. The Bertz CT molecular complexity index is 1230. The molecule has 0 heterocycles. The van der Waals surface area contributed by atoms with E-state index in [1.54, 1.807) is 36.4 Å². The summed E-state index contributed by atoms with van der Waals surface area (Å²) in [6.45, 7) is 4.68. The summed E-state index contributed by atoms with van der Waals surface area (Å²) >= 11 is 0. The third-order valence-electron chi connectivity index (χ3n) is 5.17. The van der Waals surface area contributed by atoms with Gasteiger partial charge in [-0.25, -0.2) is 0 Å². The first-order valence-corrected chi connectivity index (χ1v) is 11.3. The number of carbonyl (C=O) groups excluding carboxylic acids is 2. The van der Waals surface area contributed by atoms with Crippen molar-refractivity contribution in [1.29, 1.82) is 0 Å². The molecular formula is C30H26O6Zn. The molecule has 184 valence electrons. The second kappa shape index (κ2) is 14.6. The number of aryl methyl sites for hydroxylation is 2. The molecule has 0 spiro atoms. The Morgan fingerprint density at radius 3 is 1.32 bits per heavy atom. The van der Waals surface area contributed by atoms with Gasteiger partial charge in [-0.15, -0.1) is 0 Å². The van der Waals surface area contributed by atoms with Gasteiger partial charge in [0.25, 0.3) is 0 Å². The minimum atomic E-state index is -1.23. The fourth-order valence-corrected chi connectivity index (χ4v) is 3.45. The van der Waals surface area contributed by atoms with Gasteiger partial charge in [-0.1, -0.05) is 83.9 Å². The van der Waals surface area contributed by atoms with Gasteiger partial charge in [0.2, 0.25) is 0 Å². The number of hydrogen-bond donors (Lipinski definition) is 0. The Kier molecular flexibility index (Phi) is 11.5. The van der Waals surface area contributed by atoms with Gasteiger partial charge in [0.05, 0.1) is 11.9 Å². The smallest absolute Gasteiger partial charge is 0.545 e. The summed E-state index contributed by atoms with van der Waals surface area (Å²) in [6, 6.07) is 28.7. The van der Waals surface area contributed by atoms with Crippen LogP contribution in [0.4, 0.5) is 0 Å². The minimum Gasteiger partial charge on any atom is -0.545 e. The van der Waals surface area contributed by atoms with E-state index in [-0.39, 0.29) is 30.6 Å². The van der Waals surface area contributed by atoms with Crippen molar-refractivity contribution in [2.24, 2.45) is 0 Å². The van der Waals surface area contributed by atoms with Crippen LogP contribution in [-0.4, -0.2) is 11.9 Å². The number of rotatable bonds is 8. The molecule has 0 saturated carbocycles. The fourth-order valence-electron chi connectivity index (χ4n) is 3.45. The van der Waals surface area contributed by atoms with Crippen molar-refractivity contribution in [2.75, 3.05) is 0 Å². The Morgan fingerprint density at radius 2 is 0.973 bits per heavy atom. The van der Waals surface area contributed by atoms with E-state index < -0.39 is 11.9 Å². The van der Waals surface area contributed by atoms with E-state index >= 15 is 0 Å². The van der Waals surface area contributed by atoms with Crippen LogP contribution >= 0.6 is 0 Å². The maximum Gasteiger partial charge on any atom is 2.00 e. The van der Waals surface area contributed by atoms with Crippen LogP contribution in [0.2, 0.25) is 0 Å². The van der Waals surface area contributed by atoms with Gasteiger partial charge < -0.3 is 29.3 Å². The van der Waals surface area contributed by atoms with Gasteiger partial charge in [0.15, 0.2) is 0 Å². The maximum atomic E-state index is 10.9. The molecule has 0 bridgehead atoms. The van der Waals surface area contributed by atoms with E-state index in [2.05, 4.69) is 0 Å². The number of ether oxygens (including phenoxy) is 2. The zero-order chi connectivity index (χ0) is 25.9. The van der Waals surface area contributed by atoms with Gasteiger partial charge in [-0.05, 0) is 49.2 Å². The number of carboxylic acid groups (broad SMARTS) is 2. The molecular weight excluding hydrogens is 522 g/mol. The summed E-state index contributed by atoms with van der Waals surface area (Å²) in [5.74, 6) is -1.79. The van der Waals surface area contributed by atoms with Gasteiger partial charge in [0.1, 0.15) is 24.7 Å². The van der Waals surface area contributed by atoms with Crippen LogP contribution in [0.1, 0.15) is 43.0 Å². The second-order valence-corrected chi connectivity index (χ2v) is 8.12. The SMILES string of the molecule is Cc1cccc(COc2ccccc2C(=O)[O-])c1.Cc1cccc(COc2ccccc2C(=O)[O-])c1.[Zn+2]. The number of carboxylic acids is 2. The van der Waals surface area contributed by atoms with Crippen LogP contribution in [0, 0.1) is 13.8 Å². The summed E-state index contributed by atoms with van der Waals surface area (Å²) in [4.78, 5) is 21.8. The van der Waals surface area contributed by atoms with Crippen LogP contribution in [0.15, 0.2) is 97.1 Å². The van der Waals surface area contributed by atoms with Crippen molar-refractivity contribution in [3.05, 3.63) is 130 Å². The molecule has 37 heavy (non-hydrogen) atoms. The summed E-state index contributed by atoms with van der Waals surface area (Å²) in [6.07, 6.45) is 0. The van der Waals surface area contributed by atoms with Crippen molar-refractivity contribution in [3.63, 3.8) is 0 Å². The predicted molar refractivity (Wildman–Crippen MR) is 133 cm³/mol. The van der Waals surface area contributed by atoms with Crippen molar-refractivity contribution in [1.82, 2.24) is 0 Å². The first kappa shape index (κ1) is 29.3. The summed E-state index contributed by atoms with van der Waals surface area (Å²) in [7, 11) is 0. The number of carbonyl (C=O) groups is 2. The van der Waals surface area contributed by atoms with E-state index in [9.17, 15) is 19.8 Å². The molecule has 0 amide bonds. The van der Waals surface area contributed by atoms with Crippen LogP contribution in [0.5, 0.6) is 11.5 Å². The number of para-hydroxylation sites is 2. The average molecular weight is 548 g/mol. The topological polar surface area (TPSA) is 98.7 Å². The second-order valence-electron chi connectivity index (χ2n) is 8.12. The largest absolute Gasteiger partial charge is 2.00 e. The first-order chi connectivity index (χ1) is 17.3. The number of benzene rings is 4. The molecule has 0 aliphatic heterocycles. The molecule has 4 aromatic carbocycles. The molecule has 0 aromatic heterocycles. The van der Waals surface area contributed by atoms with Crippen molar-refractivity contribution < 1.29 is 48.8 Å². The van der Waals surface area contributed by atoms with E-state index in [4.69, 9.17) is 9.47 Å². The summed E-state index contributed by atoms with van der Waals surface area (Å²) < 4.78 is 11.0. The molecule has 7 heteroatoms. The molecule has 0 atom stereocenters. The van der Waals surface area contributed by atoms with Crippen molar-refractivity contribution in [2.45, 2.75) is 27.1 Å². The summed E-state index contributed by atoms with van der Waals surface area (Å²) in [5, 5.41) is 21.8. The average Bonchev–Trinajstić information content (AvgIpc) is 2.87. The predicted octanol–water partition coefficient (Wildman–Crippen LogP) is 3.87. The van der Waals surface area contributed by atoms with Crippen molar-refractivity contribution in [3.8, 4) is 11.5 Å². The number of hydrogen-bond acceptors (Lipinski definition) is 6. The number of aromatic carboxylic acids is 2. The first-order valence-electron chi connectivity index (χ1n) is 11.3. The molecule has 0 N–H and O–H groups in total.